The SMILES string of the molecule is Fc1ccc(F)c(CNCCCCCCCl)c1. The van der Waals surface area contributed by atoms with Crippen LogP contribution < -0.4 is 5.32 Å². The Hall–Kier alpha value is -0.670. The minimum atomic E-state index is -0.398. The Morgan fingerprint density at radius 3 is 2.59 bits per heavy atom. The fraction of sp³-hybridized carbons (Fsp3) is 0.538. The molecule has 0 fully saturated rings. The Labute approximate surface area is 106 Å². The molecule has 1 aromatic carbocycles. The molecule has 0 atom stereocenters. The summed E-state index contributed by atoms with van der Waals surface area (Å²) in [5.74, 6) is -0.0478. The highest BCUT2D eigenvalue weighted by Crippen LogP contribution is 2.09. The van der Waals surface area contributed by atoms with Crippen molar-refractivity contribution in [2.45, 2.75) is 32.2 Å². The van der Waals surface area contributed by atoms with Gasteiger partial charge in [0.2, 0.25) is 0 Å². The lowest BCUT2D eigenvalue weighted by Gasteiger charge is -2.06. The molecule has 0 saturated carbocycles. The maximum Gasteiger partial charge on any atom is 0.127 e. The lowest BCUT2D eigenvalue weighted by molar-refractivity contribution is 0.556. The smallest absolute Gasteiger partial charge is 0.127 e. The third-order valence-electron chi connectivity index (χ3n) is 2.56. The van der Waals surface area contributed by atoms with Gasteiger partial charge in [-0.3, -0.25) is 0 Å². The van der Waals surface area contributed by atoms with Gasteiger partial charge in [0.05, 0.1) is 0 Å². The highest BCUT2D eigenvalue weighted by Gasteiger charge is 2.02. The van der Waals surface area contributed by atoms with E-state index in [0.717, 1.165) is 44.4 Å². The molecule has 1 nitrogen and oxygen atoms in total. The molecule has 0 amide bonds. The van der Waals surface area contributed by atoms with Gasteiger partial charge in [-0.15, -0.1) is 11.6 Å². The van der Waals surface area contributed by atoms with Crippen molar-refractivity contribution in [3.63, 3.8) is 0 Å². The number of rotatable bonds is 8. The summed E-state index contributed by atoms with van der Waals surface area (Å²) >= 11 is 5.56. The van der Waals surface area contributed by atoms with Crippen LogP contribution in [0.15, 0.2) is 18.2 Å². The molecule has 0 saturated heterocycles. The second-order valence-electron chi connectivity index (χ2n) is 4.02. The zero-order valence-electron chi connectivity index (χ0n) is 9.82. The molecular formula is C13H18ClF2N. The van der Waals surface area contributed by atoms with Crippen LogP contribution in [0.25, 0.3) is 0 Å². The molecule has 0 aromatic heterocycles. The van der Waals surface area contributed by atoms with Gasteiger partial charge in [0.15, 0.2) is 0 Å². The van der Waals surface area contributed by atoms with Crippen molar-refractivity contribution in [1.29, 1.82) is 0 Å². The Morgan fingerprint density at radius 1 is 1.06 bits per heavy atom. The van der Waals surface area contributed by atoms with Crippen LogP contribution in [0.2, 0.25) is 0 Å². The third kappa shape index (κ3) is 5.99. The fourth-order valence-electron chi connectivity index (χ4n) is 1.60. The molecule has 1 N–H and O–H groups in total. The van der Waals surface area contributed by atoms with E-state index in [1.165, 1.54) is 6.07 Å². The number of benzene rings is 1. The van der Waals surface area contributed by atoms with Gasteiger partial charge in [0, 0.05) is 18.0 Å². The standard InChI is InChI=1S/C13H18ClF2N/c14-7-3-1-2-4-8-17-10-11-9-12(15)5-6-13(11)16/h5-6,9,17H,1-4,7-8,10H2. The number of hydrogen-bond donors (Lipinski definition) is 1. The summed E-state index contributed by atoms with van der Waals surface area (Å²) in [7, 11) is 0. The normalized spacial score (nSPS) is 10.8. The monoisotopic (exact) mass is 261 g/mol. The largest absolute Gasteiger partial charge is 0.313 e. The van der Waals surface area contributed by atoms with E-state index < -0.39 is 5.82 Å². The van der Waals surface area contributed by atoms with Gasteiger partial charge in [-0.1, -0.05) is 12.8 Å². The van der Waals surface area contributed by atoms with Gasteiger partial charge in [0.25, 0.3) is 0 Å². The lowest BCUT2D eigenvalue weighted by Crippen LogP contribution is -2.15. The number of halogens is 3. The van der Waals surface area contributed by atoms with Crippen molar-refractivity contribution in [3.8, 4) is 0 Å². The summed E-state index contributed by atoms with van der Waals surface area (Å²) in [6.45, 7) is 1.19. The molecule has 0 aliphatic rings. The predicted octanol–water partition coefficient (Wildman–Crippen LogP) is 3.85. The van der Waals surface area contributed by atoms with Gasteiger partial charge in [-0.2, -0.15) is 0 Å². The van der Waals surface area contributed by atoms with Crippen LogP contribution in [0.4, 0.5) is 8.78 Å². The van der Waals surface area contributed by atoms with Crippen molar-refractivity contribution in [2.24, 2.45) is 0 Å². The van der Waals surface area contributed by atoms with Crippen LogP contribution in [0.3, 0.4) is 0 Å². The zero-order valence-corrected chi connectivity index (χ0v) is 10.6. The molecule has 0 unspecified atom stereocenters. The van der Waals surface area contributed by atoms with E-state index in [-0.39, 0.29) is 5.82 Å². The molecule has 0 spiro atoms. The molecule has 0 radical (unpaired) electrons. The van der Waals surface area contributed by atoms with Crippen LogP contribution in [-0.2, 0) is 6.54 Å². The Balaban J connectivity index is 2.15. The van der Waals surface area contributed by atoms with E-state index in [4.69, 9.17) is 11.6 Å². The summed E-state index contributed by atoms with van der Waals surface area (Å²) in [6, 6.07) is 3.52. The minimum Gasteiger partial charge on any atom is -0.313 e. The number of alkyl halides is 1. The van der Waals surface area contributed by atoms with Gasteiger partial charge in [0.1, 0.15) is 11.6 Å². The lowest BCUT2D eigenvalue weighted by atomic mass is 10.2. The molecule has 96 valence electrons. The topological polar surface area (TPSA) is 12.0 Å². The van der Waals surface area contributed by atoms with Crippen LogP contribution in [0.5, 0.6) is 0 Å². The highest BCUT2D eigenvalue weighted by molar-refractivity contribution is 6.17. The first-order chi connectivity index (χ1) is 8.24. The highest BCUT2D eigenvalue weighted by atomic mass is 35.5. The second-order valence-corrected chi connectivity index (χ2v) is 4.39. The third-order valence-corrected chi connectivity index (χ3v) is 2.83. The Kier molecular flexibility index (Phi) is 7.13. The maximum absolute atomic E-state index is 13.2. The van der Waals surface area contributed by atoms with Crippen molar-refractivity contribution in [3.05, 3.63) is 35.4 Å². The quantitative estimate of drug-likeness (QED) is 0.554. The molecule has 0 heterocycles. The first kappa shape index (κ1) is 14.4. The summed E-state index contributed by atoms with van der Waals surface area (Å²) in [5.41, 5.74) is 0.380. The van der Waals surface area contributed by atoms with Crippen LogP contribution >= 0.6 is 11.6 Å². The van der Waals surface area contributed by atoms with Crippen molar-refractivity contribution in [1.82, 2.24) is 5.32 Å². The fourth-order valence-corrected chi connectivity index (χ4v) is 1.79. The van der Waals surface area contributed by atoms with Gasteiger partial charge in [-0.05, 0) is 37.6 Å². The van der Waals surface area contributed by atoms with Gasteiger partial charge in [-0.25, -0.2) is 8.78 Å². The van der Waals surface area contributed by atoms with Crippen molar-refractivity contribution >= 4 is 11.6 Å². The molecular weight excluding hydrogens is 244 g/mol. The van der Waals surface area contributed by atoms with Crippen molar-refractivity contribution in [2.75, 3.05) is 12.4 Å². The molecule has 0 aliphatic heterocycles. The van der Waals surface area contributed by atoms with E-state index in [9.17, 15) is 8.78 Å². The summed E-state index contributed by atoms with van der Waals surface area (Å²) < 4.78 is 26.1. The molecule has 1 aromatic rings. The first-order valence-electron chi connectivity index (χ1n) is 5.94. The zero-order chi connectivity index (χ0) is 12.5. The molecule has 0 aliphatic carbocycles. The maximum atomic E-state index is 13.2. The summed E-state index contributed by atoms with van der Waals surface area (Å²) in [5, 5.41) is 3.11. The molecule has 1 rings (SSSR count). The van der Waals surface area contributed by atoms with Crippen molar-refractivity contribution < 1.29 is 8.78 Å². The minimum absolute atomic E-state index is 0.360. The number of hydrogen-bond acceptors (Lipinski definition) is 1. The molecule has 17 heavy (non-hydrogen) atoms. The molecule has 0 bridgehead atoms. The Morgan fingerprint density at radius 2 is 1.82 bits per heavy atom. The van der Waals surface area contributed by atoms with E-state index in [2.05, 4.69) is 5.32 Å². The average Bonchev–Trinajstić information content (AvgIpc) is 2.32. The van der Waals surface area contributed by atoms with E-state index in [1.54, 1.807) is 0 Å². The van der Waals surface area contributed by atoms with Crippen LogP contribution in [0, 0.1) is 11.6 Å². The van der Waals surface area contributed by atoms with E-state index in [1.807, 2.05) is 0 Å². The van der Waals surface area contributed by atoms with Crippen LogP contribution in [-0.4, -0.2) is 12.4 Å². The van der Waals surface area contributed by atoms with Gasteiger partial charge < -0.3 is 5.32 Å². The first-order valence-corrected chi connectivity index (χ1v) is 6.48. The second kappa shape index (κ2) is 8.43. The van der Waals surface area contributed by atoms with Gasteiger partial charge >= 0.3 is 0 Å². The number of nitrogens with one attached hydrogen (secondary N) is 1. The number of unbranched alkanes of at least 4 members (excludes halogenated alkanes) is 3. The molecule has 4 heteroatoms. The summed E-state index contributed by atoms with van der Waals surface area (Å²) in [4.78, 5) is 0. The van der Waals surface area contributed by atoms with E-state index in [0.29, 0.717) is 18.0 Å². The van der Waals surface area contributed by atoms with Crippen LogP contribution in [0.1, 0.15) is 31.2 Å². The predicted molar refractivity (Wildman–Crippen MR) is 67.3 cm³/mol. The average molecular weight is 262 g/mol. The Bertz CT molecular complexity index is 331. The van der Waals surface area contributed by atoms with E-state index >= 15 is 0 Å². The summed E-state index contributed by atoms with van der Waals surface area (Å²) in [6.07, 6.45) is 4.32.